The van der Waals surface area contributed by atoms with Gasteiger partial charge in [-0.25, -0.2) is 0 Å². The summed E-state index contributed by atoms with van der Waals surface area (Å²) in [6, 6.07) is 2.96. The number of aryl methyl sites for hydroxylation is 1. The van der Waals surface area contributed by atoms with Gasteiger partial charge < -0.3 is 14.3 Å². The molecule has 0 atom stereocenters. The van der Waals surface area contributed by atoms with Crippen LogP contribution in [0.3, 0.4) is 0 Å². The van der Waals surface area contributed by atoms with Gasteiger partial charge in [-0.15, -0.1) is 8.78 Å². The zero-order valence-electron chi connectivity index (χ0n) is 7.72. The fraction of sp³-hybridized carbons (Fsp3) is 0.300. The van der Waals surface area contributed by atoms with E-state index in [2.05, 4.69) is 25.4 Å². The lowest BCUT2D eigenvalue weighted by Gasteiger charge is -2.04. The van der Waals surface area contributed by atoms with Crippen molar-refractivity contribution in [3.8, 4) is 11.5 Å². The molecule has 0 aliphatic carbocycles. The topological polar surface area (TPSA) is 35.5 Å². The van der Waals surface area contributed by atoms with E-state index in [9.17, 15) is 8.78 Å². The van der Waals surface area contributed by atoms with Crippen molar-refractivity contribution in [1.82, 2.24) is 0 Å². The predicted octanol–water partition coefficient (Wildman–Crippen LogP) is 3.53. The molecule has 0 aromatic heterocycles. The van der Waals surface area contributed by atoms with Gasteiger partial charge in [0.1, 0.15) is 6.79 Å². The lowest BCUT2D eigenvalue weighted by molar-refractivity contribution is -0.286. The molecule has 1 aliphatic rings. The van der Waals surface area contributed by atoms with Gasteiger partial charge in [-0.2, -0.15) is 0 Å². The first-order valence-electron chi connectivity index (χ1n) is 3.83. The van der Waals surface area contributed by atoms with Gasteiger partial charge in [0.2, 0.25) is 0 Å². The molecule has 1 aliphatic heterocycles. The van der Waals surface area contributed by atoms with Crippen molar-refractivity contribution in [2.75, 3.05) is 0 Å². The van der Waals surface area contributed by atoms with Gasteiger partial charge in [0, 0.05) is 4.47 Å². The van der Waals surface area contributed by atoms with Gasteiger partial charge in [-0.3, -0.25) is 0 Å². The van der Waals surface area contributed by atoms with Crippen molar-refractivity contribution in [3.05, 3.63) is 22.2 Å². The van der Waals surface area contributed by atoms with Gasteiger partial charge in [0.15, 0.2) is 11.5 Å². The molecule has 6 heteroatoms. The lowest BCUT2D eigenvalue weighted by atomic mass is 10.2. The maximum Gasteiger partial charge on any atom is 0.586 e. The zero-order valence-corrected chi connectivity index (χ0v) is 9.31. The minimum atomic E-state index is -3.53. The molecule has 0 bridgehead atoms. The van der Waals surface area contributed by atoms with Gasteiger partial charge in [0.25, 0.3) is 0 Å². The molecular formula is C10H11BrF2O3. The third kappa shape index (κ3) is 2.91. The first-order chi connectivity index (χ1) is 6.98. The van der Waals surface area contributed by atoms with Crippen LogP contribution >= 0.6 is 15.9 Å². The fourth-order valence-corrected chi connectivity index (χ4v) is 1.40. The van der Waals surface area contributed by atoms with E-state index in [1.807, 2.05) is 6.79 Å². The summed E-state index contributed by atoms with van der Waals surface area (Å²) in [6.07, 6.45) is -3.53. The Hall–Kier alpha value is -1.17. The smallest absolute Gasteiger partial charge is 0.395 e. The molecule has 2 rings (SSSR count). The number of alkyl halides is 2. The molecule has 1 heterocycles. The summed E-state index contributed by atoms with van der Waals surface area (Å²) in [5, 5.41) is 0. The van der Waals surface area contributed by atoms with Crippen LogP contribution in [0.15, 0.2) is 16.6 Å². The highest BCUT2D eigenvalue weighted by molar-refractivity contribution is 9.10. The standard InChI is InChI=1S/C8H5BrF2O2.CH2O.CH4/c1-4-2-6-7(3-5(4)9)13-8(10,11)12-6;1-2;/h2-3H,1H3;1H2;1H4. The van der Waals surface area contributed by atoms with Crippen LogP contribution in [-0.4, -0.2) is 13.1 Å². The number of carbonyl (C=O) groups excluding carboxylic acids is 1. The molecule has 0 saturated heterocycles. The number of halogens is 3. The quantitative estimate of drug-likeness (QED) is 0.735. The predicted molar refractivity (Wildman–Crippen MR) is 58.9 cm³/mol. The molecule has 0 saturated carbocycles. The Morgan fingerprint density at radius 1 is 1.25 bits per heavy atom. The summed E-state index contributed by atoms with van der Waals surface area (Å²) in [4.78, 5) is 8.00. The molecule has 0 radical (unpaired) electrons. The molecule has 1 aromatic carbocycles. The molecule has 0 unspecified atom stereocenters. The molecular weight excluding hydrogens is 286 g/mol. The van der Waals surface area contributed by atoms with Gasteiger partial charge in [-0.1, -0.05) is 23.4 Å². The van der Waals surface area contributed by atoms with E-state index in [4.69, 9.17) is 4.79 Å². The number of benzene rings is 1. The molecule has 0 N–H and O–H groups in total. The summed E-state index contributed by atoms with van der Waals surface area (Å²) >= 11 is 3.21. The summed E-state index contributed by atoms with van der Waals surface area (Å²) < 4.78 is 34.3. The number of fused-ring (bicyclic) bond motifs is 1. The van der Waals surface area contributed by atoms with Crippen LogP contribution in [0.25, 0.3) is 0 Å². The van der Waals surface area contributed by atoms with Gasteiger partial charge in [0.05, 0.1) is 0 Å². The minimum absolute atomic E-state index is 0. The second-order valence-electron chi connectivity index (χ2n) is 2.72. The highest BCUT2D eigenvalue weighted by Crippen LogP contribution is 2.43. The first-order valence-corrected chi connectivity index (χ1v) is 4.62. The number of carbonyl (C=O) groups is 1. The maximum absolute atomic E-state index is 12.5. The van der Waals surface area contributed by atoms with Crippen molar-refractivity contribution in [1.29, 1.82) is 0 Å². The van der Waals surface area contributed by atoms with E-state index < -0.39 is 6.29 Å². The van der Waals surface area contributed by atoms with Crippen LogP contribution in [0.2, 0.25) is 0 Å². The van der Waals surface area contributed by atoms with Crippen LogP contribution in [0, 0.1) is 6.92 Å². The lowest BCUT2D eigenvalue weighted by Crippen LogP contribution is -2.25. The second kappa shape index (κ2) is 5.25. The van der Waals surface area contributed by atoms with Crippen molar-refractivity contribution in [2.45, 2.75) is 20.6 Å². The van der Waals surface area contributed by atoms with Gasteiger partial charge >= 0.3 is 6.29 Å². The highest BCUT2D eigenvalue weighted by Gasteiger charge is 2.43. The van der Waals surface area contributed by atoms with Crippen LogP contribution in [-0.2, 0) is 4.79 Å². The van der Waals surface area contributed by atoms with E-state index in [1.54, 1.807) is 6.92 Å². The fourth-order valence-electron chi connectivity index (χ4n) is 1.07. The van der Waals surface area contributed by atoms with Crippen molar-refractivity contribution in [3.63, 3.8) is 0 Å². The van der Waals surface area contributed by atoms with Crippen molar-refractivity contribution >= 4 is 22.7 Å². The minimum Gasteiger partial charge on any atom is -0.395 e. The van der Waals surface area contributed by atoms with Crippen molar-refractivity contribution in [2.24, 2.45) is 0 Å². The van der Waals surface area contributed by atoms with Crippen LogP contribution < -0.4 is 9.47 Å². The third-order valence-electron chi connectivity index (χ3n) is 1.68. The van der Waals surface area contributed by atoms with Gasteiger partial charge in [-0.05, 0) is 24.6 Å². The maximum atomic E-state index is 12.5. The second-order valence-corrected chi connectivity index (χ2v) is 3.57. The molecule has 0 spiro atoms. The van der Waals surface area contributed by atoms with Crippen molar-refractivity contribution < 1.29 is 23.0 Å². The van der Waals surface area contributed by atoms with Crippen LogP contribution in [0.5, 0.6) is 11.5 Å². The van der Waals surface area contributed by atoms with Crippen LogP contribution in [0.4, 0.5) is 8.78 Å². The molecule has 3 nitrogen and oxygen atoms in total. The molecule has 0 fully saturated rings. The Labute approximate surface area is 100 Å². The van der Waals surface area contributed by atoms with E-state index in [0.717, 1.165) is 5.56 Å². The Bertz CT molecular complexity index is 350. The summed E-state index contributed by atoms with van der Waals surface area (Å²) in [7, 11) is 0. The summed E-state index contributed by atoms with van der Waals surface area (Å²) in [5.74, 6) is 0.133. The number of hydrogen-bond acceptors (Lipinski definition) is 3. The number of ether oxygens (including phenoxy) is 2. The molecule has 16 heavy (non-hydrogen) atoms. The van der Waals surface area contributed by atoms with E-state index >= 15 is 0 Å². The van der Waals surface area contributed by atoms with Crippen LogP contribution in [0.1, 0.15) is 13.0 Å². The summed E-state index contributed by atoms with van der Waals surface area (Å²) in [6.45, 7) is 3.78. The molecule has 90 valence electrons. The first kappa shape index (κ1) is 14.8. The van der Waals surface area contributed by atoms with E-state index in [1.165, 1.54) is 12.1 Å². The average molecular weight is 297 g/mol. The Morgan fingerprint density at radius 3 is 2.19 bits per heavy atom. The molecule has 0 amide bonds. The summed E-state index contributed by atoms with van der Waals surface area (Å²) in [5.41, 5.74) is 0.819. The highest BCUT2D eigenvalue weighted by atomic mass is 79.9. The Balaban J connectivity index is 0.000000711. The zero-order chi connectivity index (χ0) is 11.6. The third-order valence-corrected chi connectivity index (χ3v) is 2.54. The number of hydrogen-bond donors (Lipinski definition) is 0. The SMILES string of the molecule is C.C=O.Cc1cc2c(cc1Br)OC(F)(F)O2. The Kier molecular flexibility index (Phi) is 4.86. The monoisotopic (exact) mass is 296 g/mol. The average Bonchev–Trinajstić information content (AvgIpc) is 2.43. The Morgan fingerprint density at radius 2 is 1.69 bits per heavy atom. The van der Waals surface area contributed by atoms with E-state index in [-0.39, 0.29) is 18.9 Å². The van der Waals surface area contributed by atoms with E-state index in [0.29, 0.717) is 4.47 Å². The normalized spacial score (nSPS) is 14.5. The number of rotatable bonds is 0. The molecule has 1 aromatic rings. The largest absolute Gasteiger partial charge is 0.586 e.